The van der Waals surface area contributed by atoms with Crippen LogP contribution in [0.1, 0.15) is 44.7 Å². The molecule has 0 fully saturated rings. The second kappa shape index (κ2) is 17.9. The number of aryl methyl sites for hydroxylation is 1. The normalized spacial score (nSPS) is 11.5. The molecule has 0 saturated carbocycles. The van der Waals surface area contributed by atoms with E-state index < -0.39 is 48.4 Å². The highest BCUT2D eigenvalue weighted by atomic mass is 19.1. The molecule has 3 aromatic rings. The minimum absolute atomic E-state index is 0. The summed E-state index contributed by atoms with van der Waals surface area (Å²) in [6, 6.07) is 11.3. The molecule has 0 bridgehead atoms. The van der Waals surface area contributed by atoms with Gasteiger partial charge in [-0.3, -0.25) is 9.59 Å². The number of carbonyl (C=O) groups is 3. The van der Waals surface area contributed by atoms with Crippen LogP contribution in [-0.4, -0.2) is 62.6 Å². The summed E-state index contributed by atoms with van der Waals surface area (Å²) in [5, 5.41) is 2.45. The number of esters is 2. The van der Waals surface area contributed by atoms with Crippen LogP contribution in [-0.2, 0) is 19.1 Å². The Morgan fingerprint density at radius 1 is 0.955 bits per heavy atom. The first kappa shape index (κ1) is 35.3. The molecular formula is C31H38F2N2O9. The molecule has 1 N–H and O–H groups in total. The maximum Gasteiger partial charge on any atom is 0.328 e. The average molecular weight is 621 g/mol. The van der Waals surface area contributed by atoms with Crippen LogP contribution < -0.4 is 24.3 Å². The zero-order valence-corrected chi connectivity index (χ0v) is 25.3. The lowest BCUT2D eigenvalue weighted by atomic mass is 10.2. The van der Waals surface area contributed by atoms with Crippen molar-refractivity contribution in [2.45, 2.75) is 46.3 Å². The Kier molecular flexibility index (Phi) is 14.3. The number of ether oxygens (including phenoxy) is 6. The fourth-order valence-corrected chi connectivity index (χ4v) is 3.35. The van der Waals surface area contributed by atoms with E-state index in [1.165, 1.54) is 38.8 Å². The number of carbonyl (C=O) groups excluding carboxylic acids is 3. The van der Waals surface area contributed by atoms with Gasteiger partial charge in [-0.15, -0.1) is 0 Å². The van der Waals surface area contributed by atoms with Crippen molar-refractivity contribution < 1.29 is 53.0 Å². The van der Waals surface area contributed by atoms with E-state index in [1.54, 1.807) is 14.0 Å². The van der Waals surface area contributed by atoms with Crippen LogP contribution in [0.3, 0.4) is 0 Å². The summed E-state index contributed by atoms with van der Waals surface area (Å²) in [5.41, 5.74) is 1.06. The average Bonchev–Trinajstić information content (AvgIpc) is 2.98. The van der Waals surface area contributed by atoms with Crippen LogP contribution in [0.15, 0.2) is 54.7 Å². The van der Waals surface area contributed by atoms with E-state index in [0.717, 1.165) is 17.9 Å². The van der Waals surface area contributed by atoms with Crippen LogP contribution in [0.2, 0.25) is 0 Å². The molecule has 0 spiro atoms. The van der Waals surface area contributed by atoms with E-state index in [-0.39, 0.29) is 37.4 Å². The number of halogens is 2. The van der Waals surface area contributed by atoms with Gasteiger partial charge >= 0.3 is 11.9 Å². The van der Waals surface area contributed by atoms with Crippen molar-refractivity contribution in [3.8, 4) is 23.0 Å². The van der Waals surface area contributed by atoms with Crippen molar-refractivity contribution in [1.82, 2.24) is 10.3 Å². The lowest BCUT2D eigenvalue weighted by Gasteiger charge is -2.19. The second-order valence-electron chi connectivity index (χ2n) is 9.26. The molecule has 0 aliphatic heterocycles. The van der Waals surface area contributed by atoms with Crippen molar-refractivity contribution in [1.29, 1.82) is 0 Å². The number of rotatable bonds is 13. The molecule has 1 amide bonds. The minimum atomic E-state index is -1.06. The highest BCUT2D eigenvalue weighted by Gasteiger charge is 2.25. The van der Waals surface area contributed by atoms with Gasteiger partial charge in [0, 0.05) is 33.1 Å². The van der Waals surface area contributed by atoms with E-state index in [0.29, 0.717) is 6.07 Å². The highest BCUT2D eigenvalue weighted by molar-refractivity contribution is 5.98. The largest absolute Gasteiger partial charge is 0.497 e. The SMILES string of the molecule is COc1ccc(C)cc1.COc1ccnc(C(=O)N[C@@H](C)C(=O)O[C@@H](C)CCOc2ccc(F)cc2F)c1OCOC(C)=O.[HH]. The third-order valence-corrected chi connectivity index (χ3v) is 5.72. The van der Waals surface area contributed by atoms with E-state index >= 15 is 0 Å². The number of pyridine rings is 1. The zero-order chi connectivity index (χ0) is 32.6. The van der Waals surface area contributed by atoms with E-state index in [2.05, 4.69) is 17.2 Å². The second-order valence-corrected chi connectivity index (χ2v) is 9.26. The Bertz CT molecular complexity index is 1390. The van der Waals surface area contributed by atoms with Gasteiger partial charge in [-0.05, 0) is 45.0 Å². The van der Waals surface area contributed by atoms with Crippen molar-refractivity contribution in [2.24, 2.45) is 0 Å². The van der Waals surface area contributed by atoms with Gasteiger partial charge in [0.2, 0.25) is 6.79 Å². The van der Waals surface area contributed by atoms with Crippen molar-refractivity contribution in [3.05, 3.63) is 77.6 Å². The van der Waals surface area contributed by atoms with Crippen molar-refractivity contribution >= 4 is 17.8 Å². The summed E-state index contributed by atoms with van der Waals surface area (Å²) in [5.74, 6) is -2.75. The molecule has 1 heterocycles. The molecule has 13 heteroatoms. The van der Waals surface area contributed by atoms with Gasteiger partial charge < -0.3 is 33.7 Å². The molecule has 0 aliphatic carbocycles. The summed E-state index contributed by atoms with van der Waals surface area (Å²) in [6.07, 6.45) is 0.902. The Labute approximate surface area is 255 Å². The summed E-state index contributed by atoms with van der Waals surface area (Å²) < 4.78 is 57.2. The molecular weight excluding hydrogens is 582 g/mol. The number of hydrogen-bond donors (Lipinski definition) is 1. The molecule has 11 nitrogen and oxygen atoms in total. The number of benzene rings is 2. The van der Waals surface area contributed by atoms with Crippen molar-refractivity contribution in [3.63, 3.8) is 0 Å². The molecule has 3 rings (SSSR count). The molecule has 2 atom stereocenters. The number of hydrogen-bond acceptors (Lipinski definition) is 10. The Morgan fingerprint density at radius 3 is 2.27 bits per heavy atom. The van der Waals surface area contributed by atoms with Crippen LogP contribution in [0.5, 0.6) is 23.0 Å². The minimum Gasteiger partial charge on any atom is -0.497 e. The Balaban J connectivity index is 0.000000866. The molecule has 0 unspecified atom stereocenters. The quantitative estimate of drug-likeness (QED) is 0.205. The third-order valence-electron chi connectivity index (χ3n) is 5.72. The van der Waals surface area contributed by atoms with Crippen LogP contribution in [0, 0.1) is 18.6 Å². The summed E-state index contributed by atoms with van der Waals surface area (Å²) in [4.78, 5) is 40.0. The number of aromatic nitrogens is 1. The van der Waals surface area contributed by atoms with Gasteiger partial charge in [0.15, 0.2) is 28.8 Å². The molecule has 1 aromatic heterocycles. The van der Waals surface area contributed by atoms with Crippen molar-refractivity contribution in [2.75, 3.05) is 27.6 Å². The maximum atomic E-state index is 13.6. The van der Waals surface area contributed by atoms with E-state index in [1.807, 2.05) is 24.3 Å². The predicted octanol–water partition coefficient (Wildman–Crippen LogP) is 5.04. The molecule has 0 aliphatic rings. The molecule has 240 valence electrons. The molecule has 0 radical (unpaired) electrons. The van der Waals surface area contributed by atoms with Crippen LogP contribution in [0.4, 0.5) is 8.78 Å². The van der Waals surface area contributed by atoms with Crippen LogP contribution in [0.25, 0.3) is 0 Å². The summed E-state index contributed by atoms with van der Waals surface area (Å²) in [7, 11) is 3.02. The fourth-order valence-electron chi connectivity index (χ4n) is 3.35. The first-order valence-corrected chi connectivity index (χ1v) is 13.4. The zero-order valence-electron chi connectivity index (χ0n) is 25.3. The van der Waals surface area contributed by atoms with E-state index in [9.17, 15) is 23.2 Å². The summed E-state index contributed by atoms with van der Waals surface area (Å²) >= 11 is 0. The first-order chi connectivity index (χ1) is 20.9. The van der Waals surface area contributed by atoms with E-state index in [4.69, 9.17) is 28.4 Å². The van der Waals surface area contributed by atoms with Gasteiger partial charge in [0.25, 0.3) is 5.91 Å². The summed E-state index contributed by atoms with van der Waals surface area (Å²) in [6.45, 7) is 5.79. The number of amides is 1. The highest BCUT2D eigenvalue weighted by Crippen LogP contribution is 2.29. The lowest BCUT2D eigenvalue weighted by Crippen LogP contribution is -2.41. The van der Waals surface area contributed by atoms with Crippen LogP contribution >= 0.6 is 0 Å². The van der Waals surface area contributed by atoms with Gasteiger partial charge in [0.1, 0.15) is 23.7 Å². The van der Waals surface area contributed by atoms with Gasteiger partial charge in [0.05, 0.1) is 20.8 Å². The Morgan fingerprint density at radius 2 is 1.66 bits per heavy atom. The Hall–Kier alpha value is -4.94. The number of nitrogens with zero attached hydrogens (tertiary/aromatic N) is 1. The maximum absolute atomic E-state index is 13.6. The number of nitrogens with one attached hydrogen (secondary N) is 1. The van der Waals surface area contributed by atoms with Gasteiger partial charge in [-0.2, -0.15) is 0 Å². The fraction of sp³-hybridized carbons (Fsp3) is 0.355. The number of methoxy groups -OCH3 is 2. The van der Waals surface area contributed by atoms with Gasteiger partial charge in [-0.25, -0.2) is 18.6 Å². The van der Waals surface area contributed by atoms with Gasteiger partial charge in [-0.1, -0.05) is 17.7 Å². The standard InChI is InChI=1S/C23H26F2N2O8.C8H10O.H2/c1-13(8-10-32-18-6-5-16(24)11-17(18)25)35-23(30)14(2)27-22(29)20-21(34-12-33-15(3)28)19(31-4)7-9-26-20;1-7-3-5-8(9-2)6-4-7;/h5-7,9,11,13-14H,8,10,12H2,1-4H3,(H,27,29);3-6H,1-2H3;1H/t13-,14-;;/m0../s1. The third kappa shape index (κ3) is 11.7. The molecule has 2 aromatic carbocycles. The monoisotopic (exact) mass is 620 g/mol. The first-order valence-electron chi connectivity index (χ1n) is 13.4. The predicted molar refractivity (Wildman–Crippen MR) is 157 cm³/mol. The molecule has 44 heavy (non-hydrogen) atoms. The molecule has 0 saturated heterocycles. The lowest BCUT2D eigenvalue weighted by molar-refractivity contribution is -0.150. The smallest absolute Gasteiger partial charge is 0.328 e. The topological polar surface area (TPSA) is 132 Å².